The monoisotopic (exact) mass is 1440 g/mol. The molecule has 0 aliphatic carbocycles. The molecule has 16 nitrogen and oxygen atoms in total. The van der Waals surface area contributed by atoms with Crippen LogP contribution in [0.5, 0.6) is 0 Å². The van der Waals surface area contributed by atoms with Gasteiger partial charge in [-0.05, 0) is 177 Å². The Morgan fingerprint density at radius 3 is 1.12 bits per heavy atom. The predicted molar refractivity (Wildman–Crippen MR) is 357 cm³/mol. The number of halogens is 11. The molecular weight excluding hydrogens is 1380 g/mol. The molecule has 10 aromatic rings. The second kappa shape index (κ2) is 30.3. The molecule has 4 N–H and O–H groups in total. The summed E-state index contributed by atoms with van der Waals surface area (Å²) < 4.78 is 160. The lowest BCUT2D eigenvalue weighted by Gasteiger charge is -2.32. The van der Waals surface area contributed by atoms with E-state index in [9.17, 15) is 53.5 Å². The summed E-state index contributed by atoms with van der Waals surface area (Å²) >= 11 is 2.03. The summed E-state index contributed by atoms with van der Waals surface area (Å²) in [5.74, 6) is -5.18. The van der Waals surface area contributed by atoms with E-state index in [1.54, 1.807) is 29.8 Å². The Labute approximate surface area is 559 Å². The summed E-state index contributed by atoms with van der Waals surface area (Å²) in [4.78, 5) is 41.6. The van der Waals surface area contributed by atoms with Crippen LogP contribution in [0, 0.1) is 61.7 Å². The topological polar surface area (TPSA) is 197 Å². The first-order valence-electron chi connectivity index (χ1n) is 29.5. The van der Waals surface area contributed by atoms with Crippen LogP contribution in [0.4, 0.5) is 67.2 Å². The van der Waals surface area contributed by atoms with Gasteiger partial charge in [-0.25, -0.2) is 63.8 Å². The molecule has 0 amide bonds. The minimum absolute atomic E-state index is 0.0207. The molecule has 8 heterocycles. The lowest BCUT2D eigenvalue weighted by molar-refractivity contribution is 0.00578. The highest BCUT2D eigenvalue weighted by molar-refractivity contribution is 14.1. The van der Waals surface area contributed by atoms with Crippen molar-refractivity contribution in [3.63, 3.8) is 0 Å². The highest BCUT2D eigenvalue weighted by atomic mass is 127. The van der Waals surface area contributed by atoms with Gasteiger partial charge >= 0.3 is 21.4 Å². The van der Waals surface area contributed by atoms with E-state index in [1.807, 2.05) is 91.0 Å². The Hall–Kier alpha value is -8.52. The number of aromatic nitrogens is 6. The zero-order valence-corrected chi connectivity index (χ0v) is 55.3. The van der Waals surface area contributed by atoms with Crippen molar-refractivity contribution < 1.29 is 72.6 Å². The molecule has 2 saturated heterocycles. The SMILES string of the molecule is CC1(C)OB(c2c(F)cccc2F)OC1(C)C.CC1(C)OB(c2c(F)cccc2F)OC1(C)C.CCn1c(=O)c(-c2c(F)cccc2F)cc2cnc(Nc3ccc(F)cn3)cc21.CCn1c(=O)c(I)cc2cnc(Nc3ccc(F)cn3)cc21.OB(O)c1c(F)cccc1F. The van der Waals surface area contributed by atoms with Gasteiger partial charge in [0.05, 0.1) is 76.9 Å². The van der Waals surface area contributed by atoms with Gasteiger partial charge < -0.3 is 48.4 Å². The van der Waals surface area contributed by atoms with E-state index < -0.39 is 113 Å². The number of fused-ring (bicyclic) bond motifs is 2. The van der Waals surface area contributed by atoms with Crippen molar-refractivity contribution in [2.75, 3.05) is 10.6 Å². The molecule has 96 heavy (non-hydrogen) atoms. The smallest absolute Gasteiger partial charge is 0.423 e. The third-order valence-corrected chi connectivity index (χ3v) is 16.8. The van der Waals surface area contributed by atoms with Crippen LogP contribution >= 0.6 is 22.6 Å². The van der Waals surface area contributed by atoms with Crippen LogP contribution in [-0.4, -0.2) is 82.9 Å². The molecule has 12 rings (SSSR count). The minimum Gasteiger partial charge on any atom is -0.423 e. The first-order valence-corrected chi connectivity index (χ1v) is 30.6. The van der Waals surface area contributed by atoms with Crippen molar-refractivity contribution in [2.45, 2.75) is 105 Å². The van der Waals surface area contributed by atoms with Gasteiger partial charge in [-0.3, -0.25) is 9.59 Å². The highest BCUT2D eigenvalue weighted by Gasteiger charge is 2.54. The van der Waals surface area contributed by atoms with Gasteiger partial charge in [0, 0.05) is 48.4 Å². The van der Waals surface area contributed by atoms with Gasteiger partial charge in [0.15, 0.2) is 0 Å². The van der Waals surface area contributed by atoms with E-state index >= 15 is 0 Å². The average molecular weight is 1440 g/mol. The van der Waals surface area contributed by atoms with Crippen LogP contribution in [0.1, 0.15) is 69.2 Å². The molecule has 500 valence electrons. The molecule has 6 aromatic heterocycles. The fraction of sp³-hybridized carbons (Fsp3) is 0.242. The van der Waals surface area contributed by atoms with Crippen molar-refractivity contribution in [1.29, 1.82) is 0 Å². The molecule has 0 bridgehead atoms. The van der Waals surface area contributed by atoms with Crippen molar-refractivity contribution in [1.82, 2.24) is 29.1 Å². The number of benzene rings is 4. The van der Waals surface area contributed by atoms with E-state index in [-0.39, 0.29) is 34.2 Å². The first-order chi connectivity index (χ1) is 45.2. The molecule has 0 radical (unpaired) electrons. The molecule has 4 aromatic carbocycles. The van der Waals surface area contributed by atoms with Crippen molar-refractivity contribution >= 4 is 105 Å². The maximum atomic E-state index is 14.2. The first kappa shape index (κ1) is 73.3. The number of anilines is 4. The van der Waals surface area contributed by atoms with Crippen LogP contribution in [0.3, 0.4) is 0 Å². The standard InChI is InChI=1S/C21H15F3N4O.C15H12FIN4O.2C12H15BF2O2.C6H5BF2O2/c1-2-28-17-9-19(27-18-7-6-13(22)11-26-18)25-10-12(17)8-14(21(28)29)20-15(23)4-3-5-16(20)24;1-2-21-12-6-14(20-13-4-3-10(16)8-19-13)18-7-9(12)5-11(17)15(21)22;2*1-11(2)12(3,4)17-13(16-11)10-8(14)6-5-7-9(10)15;8-4-2-1-3-5(9)6(4)7(10)11/h3-11H,2H2,1H3,(H,25,26,27);3-8H,2H2,1H3,(H,18,19,20);2*5-7H,1-4H3;1-3,10-11H. The summed E-state index contributed by atoms with van der Waals surface area (Å²) in [6, 6.07) is 26.2. The van der Waals surface area contributed by atoms with Gasteiger partial charge in [0.25, 0.3) is 11.1 Å². The quantitative estimate of drug-likeness (QED) is 0.0573. The maximum absolute atomic E-state index is 14.2. The molecule has 2 aliphatic rings. The van der Waals surface area contributed by atoms with Crippen molar-refractivity contribution in [2.24, 2.45) is 0 Å². The Kier molecular flexibility index (Phi) is 23.1. The number of aryl methyl sites for hydroxylation is 2. The number of hydrogen-bond donors (Lipinski definition) is 4. The van der Waals surface area contributed by atoms with Crippen molar-refractivity contribution in [3.8, 4) is 11.1 Å². The Balaban J connectivity index is 0.000000159. The van der Waals surface area contributed by atoms with E-state index in [2.05, 4.69) is 30.6 Å². The summed E-state index contributed by atoms with van der Waals surface area (Å²) in [6.07, 6.45) is 5.40. The van der Waals surface area contributed by atoms with Crippen LogP contribution in [0.25, 0.3) is 32.9 Å². The van der Waals surface area contributed by atoms with Gasteiger partial charge in [-0.15, -0.1) is 0 Å². The zero-order valence-electron chi connectivity index (χ0n) is 53.2. The third kappa shape index (κ3) is 16.6. The third-order valence-electron chi connectivity index (χ3n) is 16.0. The second-order valence-corrected chi connectivity index (χ2v) is 24.6. The number of rotatable bonds is 10. The maximum Gasteiger partial charge on any atom is 0.500 e. The van der Waals surface area contributed by atoms with Gasteiger partial charge in [0.1, 0.15) is 81.4 Å². The molecular formula is C66H62B3F10IN8O8. The molecule has 0 unspecified atom stereocenters. The summed E-state index contributed by atoms with van der Waals surface area (Å²) in [5, 5.41) is 24.3. The Morgan fingerprint density at radius 2 is 0.792 bits per heavy atom. The molecule has 30 heteroatoms. The lowest BCUT2D eigenvalue weighted by Crippen LogP contribution is -2.41. The normalized spacial score (nSPS) is 14.7. The van der Waals surface area contributed by atoms with E-state index in [0.717, 1.165) is 53.6 Å². The molecule has 0 saturated carbocycles. The largest absolute Gasteiger partial charge is 0.500 e. The van der Waals surface area contributed by atoms with Gasteiger partial charge in [0.2, 0.25) is 0 Å². The van der Waals surface area contributed by atoms with Gasteiger partial charge in [-0.2, -0.15) is 0 Å². The zero-order chi connectivity index (χ0) is 70.4. The Morgan fingerprint density at radius 1 is 0.458 bits per heavy atom. The van der Waals surface area contributed by atoms with Crippen LogP contribution in [-0.2, 0) is 31.7 Å². The predicted octanol–water partition coefficient (Wildman–Crippen LogP) is 12.1. The van der Waals surface area contributed by atoms with Crippen LogP contribution in [0.15, 0.2) is 156 Å². The van der Waals surface area contributed by atoms with Crippen LogP contribution < -0.4 is 38.1 Å². The summed E-state index contributed by atoms with van der Waals surface area (Å²) in [7, 11) is -4.10. The summed E-state index contributed by atoms with van der Waals surface area (Å²) in [5.41, 5.74) is -3.09. The number of nitrogens with one attached hydrogen (secondary N) is 2. The second-order valence-electron chi connectivity index (χ2n) is 23.4. The molecule has 0 spiro atoms. The van der Waals surface area contributed by atoms with Crippen LogP contribution in [0.2, 0.25) is 0 Å². The van der Waals surface area contributed by atoms with Gasteiger partial charge in [-0.1, -0.05) is 24.3 Å². The van der Waals surface area contributed by atoms with Crippen molar-refractivity contribution in [3.05, 3.63) is 229 Å². The molecule has 0 atom stereocenters. The van der Waals surface area contributed by atoms with E-state index in [0.29, 0.717) is 44.3 Å². The van der Waals surface area contributed by atoms with E-state index in [4.69, 9.17) is 28.7 Å². The van der Waals surface area contributed by atoms with E-state index in [1.165, 1.54) is 83.6 Å². The average Bonchev–Trinajstić information content (AvgIpc) is 1.71. The number of pyridine rings is 6. The summed E-state index contributed by atoms with van der Waals surface area (Å²) in [6.45, 7) is 19.3. The molecule has 2 fully saturated rings. The lowest BCUT2D eigenvalue weighted by atomic mass is 9.78. The highest BCUT2D eigenvalue weighted by Crippen LogP contribution is 2.38. The minimum atomic E-state index is -2.10. The number of hydrogen-bond acceptors (Lipinski definition) is 14. The molecule has 2 aliphatic heterocycles. The fourth-order valence-electron chi connectivity index (χ4n) is 9.52. The fourth-order valence-corrected chi connectivity index (χ4v) is 10.1. The number of nitrogens with zero attached hydrogens (tertiary/aromatic N) is 6. The Bertz CT molecular complexity index is 4380.